The number of hydrogen-bond donors (Lipinski definition) is 3. The van der Waals surface area contributed by atoms with E-state index in [0.29, 0.717) is 11.4 Å². The number of pyridine rings is 1. The van der Waals surface area contributed by atoms with Gasteiger partial charge in [0, 0.05) is 10.8 Å². The third-order valence-electron chi connectivity index (χ3n) is 2.45. The number of hydrogen-bond acceptors (Lipinski definition) is 4. The van der Waals surface area contributed by atoms with Crippen molar-refractivity contribution in [3.63, 3.8) is 0 Å². The third-order valence-corrected chi connectivity index (χ3v) is 2.54. The predicted octanol–water partition coefficient (Wildman–Crippen LogP) is 1.50. The molecule has 1 aromatic heterocycles. The van der Waals surface area contributed by atoms with Crippen molar-refractivity contribution in [2.45, 2.75) is 6.92 Å². The van der Waals surface area contributed by atoms with Crippen molar-refractivity contribution < 1.29 is 5.11 Å². The van der Waals surface area contributed by atoms with Crippen molar-refractivity contribution in [2.24, 2.45) is 10.8 Å². The van der Waals surface area contributed by atoms with Crippen LogP contribution in [0, 0.1) is 0 Å². The molecule has 2 aromatic rings. The Labute approximate surface area is 109 Å². The Morgan fingerprint density at radius 1 is 1.39 bits per heavy atom. The number of fused-ring (bicyclic) bond motifs is 1. The van der Waals surface area contributed by atoms with Crippen molar-refractivity contribution in [2.75, 3.05) is 0 Å². The maximum atomic E-state index is 9.74. The minimum Gasteiger partial charge on any atom is -0.506 e. The summed E-state index contributed by atoms with van der Waals surface area (Å²) in [7, 11) is 0. The zero-order chi connectivity index (χ0) is 13.1. The first-order valence-corrected chi connectivity index (χ1v) is 5.67. The second-order valence-electron chi connectivity index (χ2n) is 3.71. The van der Waals surface area contributed by atoms with E-state index in [1.165, 1.54) is 6.20 Å². The largest absolute Gasteiger partial charge is 0.506 e. The first kappa shape index (κ1) is 12.3. The van der Waals surface area contributed by atoms with Gasteiger partial charge in [0.15, 0.2) is 5.11 Å². The number of nitrogens with two attached hydrogens (primary N) is 1. The number of aromatic hydroxyl groups is 1. The van der Waals surface area contributed by atoms with Crippen LogP contribution in [0.2, 0.25) is 0 Å². The fourth-order valence-corrected chi connectivity index (χ4v) is 1.70. The van der Waals surface area contributed by atoms with Crippen LogP contribution in [0.5, 0.6) is 5.75 Å². The Hall–Kier alpha value is -2.21. The average Bonchev–Trinajstić information content (AvgIpc) is 2.37. The van der Waals surface area contributed by atoms with Crippen LogP contribution >= 0.6 is 12.2 Å². The number of thiocarbonyl (C=S) groups is 1. The summed E-state index contributed by atoms with van der Waals surface area (Å²) >= 11 is 4.68. The maximum absolute atomic E-state index is 9.74. The molecular formula is C12H12N4OS. The third kappa shape index (κ3) is 2.38. The number of benzene rings is 1. The molecule has 0 amide bonds. The summed E-state index contributed by atoms with van der Waals surface area (Å²) in [5.41, 5.74) is 9.14. The quantitative estimate of drug-likeness (QED) is 0.433. The van der Waals surface area contributed by atoms with Crippen molar-refractivity contribution in [1.29, 1.82) is 0 Å². The molecule has 0 saturated heterocycles. The summed E-state index contributed by atoms with van der Waals surface area (Å²) in [6, 6.07) is 7.42. The molecular weight excluding hydrogens is 248 g/mol. The summed E-state index contributed by atoms with van der Waals surface area (Å²) in [4.78, 5) is 4.18. The molecule has 0 radical (unpaired) electrons. The van der Waals surface area contributed by atoms with E-state index in [1.807, 2.05) is 24.3 Å². The fourth-order valence-electron chi connectivity index (χ4n) is 1.66. The molecule has 18 heavy (non-hydrogen) atoms. The second kappa shape index (κ2) is 4.97. The number of nitrogens with zero attached hydrogens (tertiary/aromatic N) is 2. The smallest absolute Gasteiger partial charge is 0.184 e. The van der Waals surface area contributed by atoms with Gasteiger partial charge in [-0.05, 0) is 19.1 Å². The molecule has 0 fully saturated rings. The highest BCUT2D eigenvalue weighted by molar-refractivity contribution is 7.80. The van der Waals surface area contributed by atoms with Gasteiger partial charge in [-0.25, -0.2) is 0 Å². The number of aromatic nitrogens is 1. The molecule has 1 heterocycles. The van der Waals surface area contributed by atoms with Gasteiger partial charge >= 0.3 is 0 Å². The SMILES string of the molecule is C/C(=N\NC(N)=S)c1ncc(O)c2ccccc12. The average molecular weight is 260 g/mol. The molecule has 0 aliphatic carbocycles. The second-order valence-corrected chi connectivity index (χ2v) is 4.15. The van der Waals surface area contributed by atoms with Gasteiger partial charge in [-0.15, -0.1) is 0 Å². The van der Waals surface area contributed by atoms with Gasteiger partial charge in [-0.3, -0.25) is 10.4 Å². The Balaban J connectivity index is 2.55. The summed E-state index contributed by atoms with van der Waals surface area (Å²) in [5.74, 6) is 0.143. The van der Waals surface area contributed by atoms with E-state index in [2.05, 4.69) is 27.7 Å². The predicted molar refractivity (Wildman–Crippen MR) is 75.5 cm³/mol. The Kier molecular flexibility index (Phi) is 3.38. The van der Waals surface area contributed by atoms with Crippen LogP contribution in [-0.2, 0) is 0 Å². The molecule has 0 saturated carbocycles. The number of hydrazone groups is 1. The van der Waals surface area contributed by atoms with Crippen LogP contribution in [0.3, 0.4) is 0 Å². The van der Waals surface area contributed by atoms with Gasteiger partial charge < -0.3 is 10.8 Å². The van der Waals surface area contributed by atoms with Crippen LogP contribution in [0.15, 0.2) is 35.6 Å². The maximum Gasteiger partial charge on any atom is 0.184 e. The van der Waals surface area contributed by atoms with Crippen molar-refractivity contribution >= 4 is 33.8 Å². The monoisotopic (exact) mass is 260 g/mol. The number of rotatable bonds is 2. The molecule has 0 aliphatic heterocycles. The van der Waals surface area contributed by atoms with Gasteiger partial charge in [-0.2, -0.15) is 5.10 Å². The van der Waals surface area contributed by atoms with E-state index in [4.69, 9.17) is 5.73 Å². The Morgan fingerprint density at radius 2 is 2.06 bits per heavy atom. The highest BCUT2D eigenvalue weighted by Crippen LogP contribution is 2.25. The minimum absolute atomic E-state index is 0.0948. The normalized spacial score (nSPS) is 11.5. The first-order valence-electron chi connectivity index (χ1n) is 5.26. The van der Waals surface area contributed by atoms with Gasteiger partial charge in [0.05, 0.1) is 17.6 Å². The Morgan fingerprint density at radius 3 is 2.72 bits per heavy atom. The molecule has 0 atom stereocenters. The molecule has 0 aliphatic rings. The lowest BCUT2D eigenvalue weighted by Crippen LogP contribution is -2.25. The van der Waals surface area contributed by atoms with Crippen molar-refractivity contribution in [3.05, 3.63) is 36.2 Å². The Bertz CT molecular complexity index is 639. The molecule has 92 valence electrons. The van der Waals surface area contributed by atoms with E-state index in [-0.39, 0.29) is 10.9 Å². The summed E-state index contributed by atoms with van der Waals surface area (Å²) < 4.78 is 0. The summed E-state index contributed by atoms with van der Waals surface area (Å²) in [5, 5.41) is 15.4. The zero-order valence-electron chi connectivity index (χ0n) is 9.71. The van der Waals surface area contributed by atoms with Crippen LogP contribution in [0.4, 0.5) is 0 Å². The highest BCUT2D eigenvalue weighted by atomic mass is 32.1. The molecule has 4 N–H and O–H groups in total. The summed E-state index contributed by atoms with van der Waals surface area (Å²) in [6.07, 6.45) is 1.40. The van der Waals surface area contributed by atoms with Gasteiger partial charge in [0.1, 0.15) is 5.75 Å². The topological polar surface area (TPSA) is 83.5 Å². The van der Waals surface area contributed by atoms with Gasteiger partial charge in [0.25, 0.3) is 0 Å². The van der Waals surface area contributed by atoms with Crippen molar-refractivity contribution in [3.8, 4) is 5.75 Å². The fraction of sp³-hybridized carbons (Fsp3) is 0.0833. The first-order chi connectivity index (χ1) is 8.59. The summed E-state index contributed by atoms with van der Waals surface area (Å²) in [6.45, 7) is 1.79. The van der Waals surface area contributed by atoms with Crippen LogP contribution in [-0.4, -0.2) is 20.9 Å². The standard InChI is InChI=1S/C12H12N4OS/c1-7(15-16-12(13)18)11-9-5-3-2-4-8(9)10(17)6-14-11/h2-6,17H,1H3,(H3,13,16,18)/b15-7+. The van der Waals surface area contributed by atoms with Crippen LogP contribution in [0.1, 0.15) is 12.6 Å². The molecule has 0 bridgehead atoms. The van der Waals surface area contributed by atoms with E-state index >= 15 is 0 Å². The number of nitrogens with one attached hydrogen (secondary N) is 1. The van der Waals surface area contributed by atoms with Gasteiger partial charge in [-0.1, -0.05) is 24.3 Å². The lowest BCUT2D eigenvalue weighted by atomic mass is 10.1. The molecule has 5 nitrogen and oxygen atoms in total. The highest BCUT2D eigenvalue weighted by Gasteiger charge is 2.08. The lowest BCUT2D eigenvalue weighted by molar-refractivity contribution is 0.479. The molecule has 6 heteroatoms. The molecule has 2 rings (SSSR count). The van der Waals surface area contributed by atoms with E-state index < -0.39 is 0 Å². The minimum atomic E-state index is 0.0948. The van der Waals surface area contributed by atoms with E-state index in [0.717, 1.165) is 10.8 Å². The van der Waals surface area contributed by atoms with Crippen LogP contribution < -0.4 is 11.2 Å². The van der Waals surface area contributed by atoms with E-state index in [9.17, 15) is 5.11 Å². The zero-order valence-corrected chi connectivity index (χ0v) is 10.5. The molecule has 0 unspecified atom stereocenters. The molecule has 0 spiro atoms. The van der Waals surface area contributed by atoms with Gasteiger partial charge in [0.2, 0.25) is 0 Å². The lowest BCUT2D eigenvalue weighted by Gasteiger charge is -2.07. The van der Waals surface area contributed by atoms with Crippen LogP contribution in [0.25, 0.3) is 10.8 Å². The van der Waals surface area contributed by atoms with E-state index in [1.54, 1.807) is 6.92 Å². The molecule has 1 aromatic carbocycles. The van der Waals surface area contributed by atoms with Crippen molar-refractivity contribution in [1.82, 2.24) is 10.4 Å².